The van der Waals surface area contributed by atoms with Crippen LogP contribution in [0.2, 0.25) is 0 Å². The predicted octanol–water partition coefficient (Wildman–Crippen LogP) is 4.90. The van der Waals surface area contributed by atoms with E-state index in [1.165, 1.54) is 23.5 Å². The molecular weight excluding hydrogens is 571 g/mol. The van der Waals surface area contributed by atoms with Gasteiger partial charge in [-0.1, -0.05) is 69.3 Å². The second-order valence-corrected chi connectivity index (χ2v) is 15.3. The van der Waals surface area contributed by atoms with Crippen molar-refractivity contribution >= 4 is 38.1 Å². The molecule has 1 saturated carbocycles. The van der Waals surface area contributed by atoms with E-state index in [1.807, 2.05) is 44.3 Å². The highest BCUT2D eigenvalue weighted by atomic mass is 32.2. The van der Waals surface area contributed by atoms with E-state index < -0.39 is 27.6 Å². The summed E-state index contributed by atoms with van der Waals surface area (Å²) < 4.78 is 25.3. The van der Waals surface area contributed by atoms with Crippen LogP contribution in [0.4, 0.5) is 5.13 Å². The third-order valence-electron chi connectivity index (χ3n) is 9.26. The topological polar surface area (TPSA) is 117 Å². The Labute approximate surface area is 252 Å². The molecule has 5 rings (SSSR count). The molecule has 2 N–H and O–H groups in total. The number of hydrogen-bond acceptors (Lipinski definition) is 7. The summed E-state index contributed by atoms with van der Waals surface area (Å²) in [6.45, 7) is 6.72. The van der Waals surface area contributed by atoms with Crippen LogP contribution in [-0.2, 0) is 32.4 Å². The molecule has 0 aliphatic heterocycles. The molecule has 2 aliphatic rings. The highest BCUT2D eigenvalue weighted by molar-refractivity contribution is 7.92. The number of carbonyl (C=O) groups excluding carboxylic acids is 2. The van der Waals surface area contributed by atoms with Gasteiger partial charge in [0.15, 0.2) is 15.0 Å². The van der Waals surface area contributed by atoms with E-state index in [0.717, 1.165) is 29.0 Å². The molecule has 1 aromatic heterocycles. The Morgan fingerprint density at radius 1 is 1.14 bits per heavy atom. The summed E-state index contributed by atoms with van der Waals surface area (Å²) in [5, 5.41) is 14.8. The largest absolute Gasteiger partial charge is 0.392 e. The third kappa shape index (κ3) is 6.02. The zero-order valence-electron chi connectivity index (χ0n) is 24.5. The molecule has 42 heavy (non-hydrogen) atoms. The fourth-order valence-electron chi connectivity index (χ4n) is 7.11. The van der Waals surface area contributed by atoms with Gasteiger partial charge in [-0.15, -0.1) is 11.3 Å². The highest BCUT2D eigenvalue weighted by Gasteiger charge is 2.54. The molecule has 2 amide bonds. The van der Waals surface area contributed by atoms with Crippen LogP contribution in [-0.4, -0.2) is 54.1 Å². The number of nitrogens with one attached hydrogen (secondary N) is 1. The minimum absolute atomic E-state index is 0.0276. The summed E-state index contributed by atoms with van der Waals surface area (Å²) >= 11 is 1.38. The van der Waals surface area contributed by atoms with Gasteiger partial charge < -0.3 is 15.3 Å². The fourth-order valence-corrected chi connectivity index (χ4v) is 9.54. The maximum Gasteiger partial charge on any atom is 0.241 e. The van der Waals surface area contributed by atoms with Gasteiger partial charge in [0.05, 0.1) is 16.7 Å². The van der Waals surface area contributed by atoms with Gasteiger partial charge in [0.25, 0.3) is 0 Å². The minimum Gasteiger partial charge on any atom is -0.392 e. The van der Waals surface area contributed by atoms with Crippen LogP contribution in [0.3, 0.4) is 0 Å². The van der Waals surface area contributed by atoms with Crippen molar-refractivity contribution in [1.82, 2.24) is 9.88 Å². The Morgan fingerprint density at radius 2 is 1.79 bits per heavy atom. The maximum absolute atomic E-state index is 13.4. The van der Waals surface area contributed by atoms with Crippen LogP contribution < -0.4 is 5.32 Å². The van der Waals surface area contributed by atoms with Gasteiger partial charge in [-0.05, 0) is 54.2 Å². The summed E-state index contributed by atoms with van der Waals surface area (Å²) in [5.41, 5.74) is 1.73. The zero-order chi connectivity index (χ0) is 30.2. The summed E-state index contributed by atoms with van der Waals surface area (Å²) in [5.74, 6) is -1.95. The number of rotatable bonds is 8. The fraction of sp³-hybridized carbons (Fsp3) is 0.469. The lowest BCUT2D eigenvalue weighted by atomic mass is 9.53. The smallest absolute Gasteiger partial charge is 0.241 e. The SMILES string of the molecule is CC(C(=O)N(C)Cc1ccccc1)C1CC[C@]2(C)Cc3sc(NC(=O)CS(=O)(=O)c4ccccc4)nc3C(C)C2C1O. The standard InChI is InChI=1S/C32H39N3O5S2/c1-20(30(38)35(4)18-22-11-7-5-8-12-22)24-15-16-32(3)17-25-28(21(2)27(32)29(24)37)34-31(41-25)33-26(36)19-42(39,40)23-13-9-6-10-14-23/h5-14,20-21,24,27,29,37H,15-19H2,1-4H3,(H,33,34,36)/t20?,21?,24?,27?,29?,32-/m1/s1. The molecule has 1 heterocycles. The molecule has 0 spiro atoms. The number of aliphatic hydroxyl groups excluding tert-OH is 1. The van der Waals surface area contributed by atoms with Gasteiger partial charge in [-0.3, -0.25) is 9.59 Å². The van der Waals surface area contributed by atoms with E-state index in [9.17, 15) is 23.1 Å². The van der Waals surface area contributed by atoms with Crippen molar-refractivity contribution in [2.45, 2.75) is 63.5 Å². The lowest BCUT2D eigenvalue weighted by Crippen LogP contribution is -2.53. The molecule has 6 atom stereocenters. The van der Waals surface area contributed by atoms with E-state index in [0.29, 0.717) is 18.1 Å². The first-order valence-corrected chi connectivity index (χ1v) is 16.9. The second kappa shape index (κ2) is 11.9. The Kier molecular flexibility index (Phi) is 8.60. The second-order valence-electron chi connectivity index (χ2n) is 12.3. The van der Waals surface area contributed by atoms with Crippen LogP contribution >= 0.6 is 11.3 Å². The molecule has 8 nitrogen and oxygen atoms in total. The number of hydrogen-bond donors (Lipinski definition) is 2. The first kappa shape index (κ1) is 30.4. The number of aromatic nitrogens is 1. The zero-order valence-corrected chi connectivity index (χ0v) is 26.1. The lowest BCUT2D eigenvalue weighted by Gasteiger charge is -2.53. The number of amides is 2. The van der Waals surface area contributed by atoms with Crippen LogP contribution in [0.25, 0.3) is 0 Å². The van der Waals surface area contributed by atoms with Crippen LogP contribution in [0.1, 0.15) is 55.7 Å². The molecule has 0 bridgehead atoms. The number of fused-ring (bicyclic) bond motifs is 2. The third-order valence-corrected chi connectivity index (χ3v) is 11.9. The van der Waals surface area contributed by atoms with Gasteiger partial charge in [0.2, 0.25) is 11.8 Å². The molecule has 10 heteroatoms. The average Bonchev–Trinajstić information content (AvgIpc) is 3.34. The number of benzene rings is 2. The molecule has 0 radical (unpaired) electrons. The highest BCUT2D eigenvalue weighted by Crippen LogP contribution is 2.57. The van der Waals surface area contributed by atoms with Crippen molar-refractivity contribution in [3.05, 3.63) is 76.8 Å². The van der Waals surface area contributed by atoms with Gasteiger partial charge >= 0.3 is 0 Å². The summed E-state index contributed by atoms with van der Waals surface area (Å²) in [6, 6.07) is 17.8. The number of sulfone groups is 1. The number of carbonyl (C=O) groups is 2. The molecule has 224 valence electrons. The Balaban J connectivity index is 1.28. The van der Waals surface area contributed by atoms with Crippen molar-refractivity contribution in [3.63, 3.8) is 0 Å². The van der Waals surface area contributed by atoms with Crippen molar-refractivity contribution in [2.75, 3.05) is 18.1 Å². The molecular formula is C32H39N3O5S2. The normalized spacial score (nSPS) is 26.0. The minimum atomic E-state index is -3.77. The Bertz CT molecular complexity index is 1540. The van der Waals surface area contributed by atoms with Crippen molar-refractivity contribution in [1.29, 1.82) is 0 Å². The molecule has 2 aliphatic carbocycles. The summed E-state index contributed by atoms with van der Waals surface area (Å²) in [4.78, 5) is 33.8. The summed E-state index contributed by atoms with van der Waals surface area (Å²) in [6.07, 6.45) is 1.67. The van der Waals surface area contributed by atoms with Gasteiger partial charge in [-0.2, -0.15) is 0 Å². The van der Waals surface area contributed by atoms with E-state index in [1.54, 1.807) is 23.1 Å². The number of thiazole rings is 1. The van der Waals surface area contributed by atoms with E-state index in [4.69, 9.17) is 4.98 Å². The van der Waals surface area contributed by atoms with Crippen molar-refractivity contribution in [3.8, 4) is 0 Å². The van der Waals surface area contributed by atoms with Crippen molar-refractivity contribution in [2.24, 2.45) is 23.2 Å². The average molecular weight is 610 g/mol. The molecule has 2 aromatic carbocycles. The molecule has 0 saturated heterocycles. The van der Waals surface area contributed by atoms with Gasteiger partial charge in [-0.25, -0.2) is 13.4 Å². The van der Waals surface area contributed by atoms with E-state index in [2.05, 4.69) is 19.2 Å². The van der Waals surface area contributed by atoms with E-state index >= 15 is 0 Å². The van der Waals surface area contributed by atoms with Gasteiger partial charge in [0, 0.05) is 30.3 Å². The predicted molar refractivity (Wildman–Crippen MR) is 164 cm³/mol. The first-order chi connectivity index (χ1) is 19.9. The number of aliphatic hydroxyl groups is 1. The molecule has 3 aromatic rings. The maximum atomic E-state index is 13.4. The number of nitrogens with zero attached hydrogens (tertiary/aromatic N) is 2. The quantitative estimate of drug-likeness (QED) is 0.375. The van der Waals surface area contributed by atoms with Crippen LogP contribution in [0.5, 0.6) is 0 Å². The monoisotopic (exact) mass is 609 g/mol. The molecule has 1 fully saturated rings. The Hall–Kier alpha value is -3.08. The summed E-state index contributed by atoms with van der Waals surface area (Å²) in [7, 11) is -1.96. The first-order valence-electron chi connectivity index (χ1n) is 14.4. The number of anilines is 1. The van der Waals surface area contributed by atoms with Crippen molar-refractivity contribution < 1.29 is 23.1 Å². The lowest BCUT2D eigenvalue weighted by molar-refractivity contribution is -0.144. The van der Waals surface area contributed by atoms with Crippen LogP contribution in [0, 0.1) is 23.2 Å². The Morgan fingerprint density at radius 3 is 2.45 bits per heavy atom. The van der Waals surface area contributed by atoms with E-state index in [-0.39, 0.29) is 39.9 Å². The van der Waals surface area contributed by atoms with Gasteiger partial charge in [0.1, 0.15) is 5.75 Å². The molecule has 5 unspecified atom stereocenters. The van der Waals surface area contributed by atoms with Crippen LogP contribution in [0.15, 0.2) is 65.6 Å².